The maximum absolute atomic E-state index is 12.2. The molecule has 0 aliphatic carbocycles. The fourth-order valence-corrected chi connectivity index (χ4v) is 2.89. The SMILES string of the molecule is CS[C@@H](C)Cc1nc([C@H]2CC(=O)N(c3ccccc3)C2)no1. The highest BCUT2D eigenvalue weighted by Crippen LogP contribution is 2.30. The molecule has 5 nitrogen and oxygen atoms in total. The van der Waals surface area contributed by atoms with Gasteiger partial charge in [0.1, 0.15) is 0 Å². The number of para-hydroxylation sites is 1. The Labute approximate surface area is 134 Å². The maximum Gasteiger partial charge on any atom is 0.227 e. The third-order valence-corrected chi connectivity index (χ3v) is 4.88. The summed E-state index contributed by atoms with van der Waals surface area (Å²) in [6.45, 7) is 2.74. The van der Waals surface area contributed by atoms with Crippen LogP contribution < -0.4 is 4.90 Å². The topological polar surface area (TPSA) is 59.2 Å². The molecule has 2 aromatic rings. The Bertz CT molecular complexity index is 644. The van der Waals surface area contributed by atoms with Gasteiger partial charge in [-0.15, -0.1) is 0 Å². The van der Waals surface area contributed by atoms with Gasteiger partial charge in [-0.05, 0) is 18.4 Å². The van der Waals surface area contributed by atoms with Gasteiger partial charge in [-0.25, -0.2) is 0 Å². The second-order valence-corrected chi connectivity index (χ2v) is 6.81. The summed E-state index contributed by atoms with van der Waals surface area (Å²) in [5.41, 5.74) is 0.926. The smallest absolute Gasteiger partial charge is 0.227 e. The zero-order valence-electron chi connectivity index (χ0n) is 12.7. The summed E-state index contributed by atoms with van der Waals surface area (Å²) in [5, 5.41) is 4.52. The Hall–Kier alpha value is -1.82. The van der Waals surface area contributed by atoms with Gasteiger partial charge in [0.25, 0.3) is 0 Å². The number of rotatable bonds is 5. The monoisotopic (exact) mass is 317 g/mol. The number of hydrogen-bond donors (Lipinski definition) is 0. The predicted molar refractivity (Wildman–Crippen MR) is 87.1 cm³/mol. The summed E-state index contributed by atoms with van der Waals surface area (Å²) in [6.07, 6.45) is 3.26. The number of aromatic nitrogens is 2. The summed E-state index contributed by atoms with van der Waals surface area (Å²) >= 11 is 1.77. The highest BCUT2D eigenvalue weighted by atomic mass is 32.2. The highest BCUT2D eigenvalue weighted by molar-refractivity contribution is 7.99. The van der Waals surface area contributed by atoms with Crippen molar-refractivity contribution in [2.45, 2.75) is 30.9 Å². The van der Waals surface area contributed by atoms with Crippen molar-refractivity contribution in [3.05, 3.63) is 42.0 Å². The molecule has 0 radical (unpaired) electrons. The number of hydrogen-bond acceptors (Lipinski definition) is 5. The number of benzene rings is 1. The molecule has 1 amide bonds. The Balaban J connectivity index is 1.71. The number of carbonyl (C=O) groups excluding carboxylic acids is 1. The van der Waals surface area contributed by atoms with Crippen LogP contribution in [0.2, 0.25) is 0 Å². The van der Waals surface area contributed by atoms with Crippen molar-refractivity contribution >= 4 is 23.4 Å². The first-order valence-corrected chi connectivity index (χ1v) is 8.67. The largest absolute Gasteiger partial charge is 0.339 e. The first-order chi connectivity index (χ1) is 10.7. The molecule has 1 aliphatic heterocycles. The van der Waals surface area contributed by atoms with Crippen molar-refractivity contribution in [2.75, 3.05) is 17.7 Å². The molecule has 0 spiro atoms. The number of anilines is 1. The van der Waals surface area contributed by atoms with Gasteiger partial charge in [0.15, 0.2) is 5.82 Å². The third-order valence-electron chi connectivity index (χ3n) is 3.91. The van der Waals surface area contributed by atoms with E-state index in [-0.39, 0.29) is 11.8 Å². The number of amides is 1. The first kappa shape index (κ1) is 15.1. The average molecular weight is 317 g/mol. The molecular weight excluding hydrogens is 298 g/mol. The minimum absolute atomic E-state index is 0.00907. The summed E-state index contributed by atoms with van der Waals surface area (Å²) in [7, 11) is 0. The van der Waals surface area contributed by atoms with E-state index in [2.05, 4.69) is 23.3 Å². The molecular formula is C16H19N3O2S. The molecule has 0 N–H and O–H groups in total. The van der Waals surface area contributed by atoms with Crippen molar-refractivity contribution in [3.8, 4) is 0 Å². The second kappa shape index (κ2) is 6.52. The van der Waals surface area contributed by atoms with Crippen molar-refractivity contribution < 1.29 is 9.32 Å². The normalized spacial score (nSPS) is 19.6. The van der Waals surface area contributed by atoms with Gasteiger partial charge >= 0.3 is 0 Å². The Morgan fingerprint density at radius 2 is 2.18 bits per heavy atom. The van der Waals surface area contributed by atoms with E-state index >= 15 is 0 Å². The fraction of sp³-hybridized carbons (Fsp3) is 0.438. The van der Waals surface area contributed by atoms with E-state index in [0.29, 0.717) is 29.9 Å². The first-order valence-electron chi connectivity index (χ1n) is 7.38. The molecule has 6 heteroatoms. The van der Waals surface area contributed by atoms with Gasteiger partial charge in [-0.2, -0.15) is 16.7 Å². The number of carbonyl (C=O) groups is 1. The lowest BCUT2D eigenvalue weighted by Crippen LogP contribution is -2.24. The minimum atomic E-state index is 0.00907. The van der Waals surface area contributed by atoms with Crippen LogP contribution in [0.1, 0.15) is 31.0 Å². The molecule has 22 heavy (non-hydrogen) atoms. The average Bonchev–Trinajstić information content (AvgIpc) is 3.14. The van der Waals surface area contributed by atoms with Crippen LogP contribution in [0.15, 0.2) is 34.9 Å². The lowest BCUT2D eigenvalue weighted by molar-refractivity contribution is -0.117. The lowest BCUT2D eigenvalue weighted by atomic mass is 10.1. The summed E-state index contributed by atoms with van der Waals surface area (Å²) in [5.74, 6) is 1.42. The van der Waals surface area contributed by atoms with Crippen LogP contribution in [0.4, 0.5) is 5.69 Å². The van der Waals surface area contributed by atoms with Crippen LogP contribution >= 0.6 is 11.8 Å². The third kappa shape index (κ3) is 3.16. The zero-order valence-corrected chi connectivity index (χ0v) is 13.5. The zero-order chi connectivity index (χ0) is 15.5. The summed E-state index contributed by atoms with van der Waals surface area (Å²) < 4.78 is 5.32. The van der Waals surface area contributed by atoms with E-state index in [4.69, 9.17) is 4.52 Å². The van der Waals surface area contributed by atoms with E-state index in [9.17, 15) is 4.79 Å². The Morgan fingerprint density at radius 1 is 1.41 bits per heavy atom. The van der Waals surface area contributed by atoms with Crippen LogP contribution in [0.5, 0.6) is 0 Å². The summed E-state index contributed by atoms with van der Waals surface area (Å²) in [4.78, 5) is 18.5. The van der Waals surface area contributed by atoms with E-state index in [0.717, 1.165) is 12.1 Å². The molecule has 1 fully saturated rings. The van der Waals surface area contributed by atoms with Crippen LogP contribution in [0.25, 0.3) is 0 Å². The molecule has 116 valence electrons. The van der Waals surface area contributed by atoms with Gasteiger partial charge in [0.2, 0.25) is 11.8 Å². The molecule has 2 heterocycles. The predicted octanol–water partition coefficient (Wildman–Crippen LogP) is 2.88. The standard InChI is InChI=1S/C16H19N3O2S/c1-11(22-2)8-14-17-16(18-21-14)12-9-15(20)19(10-12)13-6-4-3-5-7-13/h3-7,11-12H,8-10H2,1-2H3/t11-,12-/m0/s1. The van der Waals surface area contributed by atoms with Crippen molar-refractivity contribution in [1.29, 1.82) is 0 Å². The maximum atomic E-state index is 12.2. The van der Waals surface area contributed by atoms with Gasteiger partial charge in [-0.1, -0.05) is 30.3 Å². The molecule has 2 atom stereocenters. The van der Waals surface area contributed by atoms with E-state index in [1.165, 1.54) is 0 Å². The molecule has 0 saturated carbocycles. The minimum Gasteiger partial charge on any atom is -0.339 e. The molecule has 1 aromatic carbocycles. The van der Waals surface area contributed by atoms with Crippen LogP contribution in [-0.2, 0) is 11.2 Å². The highest BCUT2D eigenvalue weighted by Gasteiger charge is 2.34. The van der Waals surface area contributed by atoms with Crippen LogP contribution in [0.3, 0.4) is 0 Å². The summed E-state index contributed by atoms with van der Waals surface area (Å²) in [6, 6.07) is 9.71. The van der Waals surface area contributed by atoms with Gasteiger partial charge < -0.3 is 9.42 Å². The van der Waals surface area contributed by atoms with Gasteiger partial charge in [0.05, 0.1) is 0 Å². The van der Waals surface area contributed by atoms with Gasteiger partial charge in [-0.3, -0.25) is 4.79 Å². The van der Waals surface area contributed by atoms with E-state index < -0.39 is 0 Å². The Kier molecular flexibility index (Phi) is 4.47. The Morgan fingerprint density at radius 3 is 2.91 bits per heavy atom. The van der Waals surface area contributed by atoms with E-state index in [1.54, 1.807) is 16.7 Å². The van der Waals surface area contributed by atoms with Crippen molar-refractivity contribution in [2.24, 2.45) is 0 Å². The lowest BCUT2D eigenvalue weighted by Gasteiger charge is -2.15. The number of nitrogens with zero attached hydrogens (tertiary/aromatic N) is 3. The molecule has 3 rings (SSSR count). The molecule has 1 aromatic heterocycles. The van der Waals surface area contributed by atoms with Crippen LogP contribution in [-0.4, -0.2) is 34.1 Å². The molecule has 1 saturated heterocycles. The molecule has 0 bridgehead atoms. The van der Waals surface area contributed by atoms with Gasteiger partial charge in [0, 0.05) is 36.2 Å². The van der Waals surface area contributed by atoms with E-state index in [1.807, 2.05) is 30.3 Å². The molecule has 0 unspecified atom stereocenters. The molecule has 1 aliphatic rings. The number of thioether (sulfide) groups is 1. The van der Waals surface area contributed by atoms with Crippen LogP contribution in [0, 0.1) is 0 Å². The quantitative estimate of drug-likeness (QED) is 0.848. The second-order valence-electron chi connectivity index (χ2n) is 5.54. The van der Waals surface area contributed by atoms with Crippen molar-refractivity contribution in [1.82, 2.24) is 10.1 Å². The fourth-order valence-electron chi connectivity index (χ4n) is 2.58. The van der Waals surface area contributed by atoms with Crippen molar-refractivity contribution in [3.63, 3.8) is 0 Å².